The lowest BCUT2D eigenvalue weighted by molar-refractivity contribution is -0.139. The highest BCUT2D eigenvalue weighted by Gasteiger charge is 2.67. The molecule has 1 spiro atoms. The van der Waals surface area contributed by atoms with Crippen LogP contribution in [0.2, 0.25) is 10.0 Å². The number of aliphatic hydroxyl groups excluding tert-OH is 1. The predicted octanol–water partition coefficient (Wildman–Crippen LogP) is 5.13. The van der Waals surface area contributed by atoms with Crippen molar-refractivity contribution in [1.82, 2.24) is 10.6 Å². The number of amides is 1. The quantitative estimate of drug-likeness (QED) is 0.366. The van der Waals surface area contributed by atoms with E-state index in [4.69, 9.17) is 27.9 Å². The molecule has 0 aromatic heterocycles. The van der Waals surface area contributed by atoms with Crippen LogP contribution in [0.4, 0.5) is 0 Å². The fourth-order valence-electron chi connectivity index (χ4n) is 6.49. The van der Waals surface area contributed by atoms with Gasteiger partial charge in [0, 0.05) is 33.6 Å². The zero-order valence-electron chi connectivity index (χ0n) is 21.4. The maximum atomic E-state index is 14.0. The minimum atomic E-state index is -1.14. The zero-order chi connectivity index (χ0) is 26.5. The fourth-order valence-corrected chi connectivity index (χ4v) is 6.85. The van der Waals surface area contributed by atoms with Gasteiger partial charge in [-0.1, -0.05) is 62.2 Å². The molecule has 8 heteroatoms. The Balaban J connectivity index is 1.64. The van der Waals surface area contributed by atoms with Crippen LogP contribution in [0, 0.1) is 5.41 Å². The number of hydrogen-bond acceptors (Lipinski definition) is 5. The molecule has 2 aromatic rings. The van der Waals surface area contributed by atoms with Gasteiger partial charge in [-0.2, -0.15) is 0 Å². The standard InChI is InChI=1S/C29H34Cl2N2O4/c1-28(2,3)15-23-29(21-12-7-18(31)14-22(21)37-27(29)36)24(16-5-4-6-17(30)13-16)25(33-23)26(35)32-19-8-10-20(34)11-9-19/h4-7,12-14,19-20,23-25,33-34H,8-11,15H2,1-3H3,(H,32,35)/t19-,20-,23-,24+,25-,29+/m1/s1. The summed E-state index contributed by atoms with van der Waals surface area (Å²) in [6, 6.07) is 11.6. The van der Waals surface area contributed by atoms with Gasteiger partial charge in [0.15, 0.2) is 0 Å². The average molecular weight is 546 g/mol. The van der Waals surface area contributed by atoms with Gasteiger partial charge in [-0.25, -0.2) is 0 Å². The van der Waals surface area contributed by atoms with Crippen molar-refractivity contribution in [2.24, 2.45) is 5.41 Å². The second kappa shape index (κ2) is 9.88. The number of aliphatic hydroxyl groups is 1. The SMILES string of the molecule is CC(C)(C)C[C@H]1N[C@@H](C(=O)N[C@H]2CC[C@H](O)CC2)[C@H](c2cccc(Cl)c2)[C@@]12C(=O)Oc1cc(Cl)ccc12. The van der Waals surface area contributed by atoms with Gasteiger partial charge >= 0.3 is 5.97 Å². The Morgan fingerprint density at radius 2 is 1.81 bits per heavy atom. The Morgan fingerprint density at radius 1 is 1.11 bits per heavy atom. The van der Waals surface area contributed by atoms with Crippen molar-refractivity contribution < 1.29 is 19.4 Å². The number of carbonyl (C=O) groups is 2. The summed E-state index contributed by atoms with van der Waals surface area (Å²) >= 11 is 12.7. The minimum absolute atomic E-state index is 0.0167. The first-order valence-corrected chi connectivity index (χ1v) is 13.8. The number of carbonyl (C=O) groups excluding carboxylic acids is 2. The topological polar surface area (TPSA) is 87.7 Å². The van der Waals surface area contributed by atoms with Crippen molar-refractivity contribution in [3.63, 3.8) is 0 Å². The molecule has 2 fully saturated rings. The van der Waals surface area contributed by atoms with Gasteiger partial charge in [0.1, 0.15) is 11.2 Å². The van der Waals surface area contributed by atoms with Crippen LogP contribution >= 0.6 is 23.2 Å². The molecule has 1 saturated carbocycles. The molecule has 0 radical (unpaired) electrons. The molecule has 2 aromatic carbocycles. The summed E-state index contributed by atoms with van der Waals surface area (Å²) in [7, 11) is 0. The maximum Gasteiger partial charge on any atom is 0.324 e. The van der Waals surface area contributed by atoms with Crippen LogP contribution in [-0.2, 0) is 15.0 Å². The molecule has 198 valence electrons. The molecule has 37 heavy (non-hydrogen) atoms. The van der Waals surface area contributed by atoms with Crippen molar-refractivity contribution in [3.8, 4) is 5.75 Å². The molecule has 0 bridgehead atoms. The number of halogens is 2. The predicted molar refractivity (Wildman–Crippen MR) is 144 cm³/mol. The third kappa shape index (κ3) is 4.89. The van der Waals surface area contributed by atoms with Gasteiger partial charge in [0.05, 0.1) is 12.1 Å². The van der Waals surface area contributed by atoms with Gasteiger partial charge in [0.25, 0.3) is 0 Å². The number of nitrogens with one attached hydrogen (secondary N) is 2. The second-order valence-electron chi connectivity index (χ2n) is 11.9. The Bertz CT molecular complexity index is 1200. The minimum Gasteiger partial charge on any atom is -0.425 e. The number of rotatable bonds is 4. The van der Waals surface area contributed by atoms with E-state index in [0.29, 0.717) is 35.1 Å². The first-order valence-electron chi connectivity index (χ1n) is 13.0. The first kappa shape index (κ1) is 26.5. The molecule has 1 aliphatic carbocycles. The maximum absolute atomic E-state index is 14.0. The molecule has 2 heterocycles. The molecular formula is C29H34Cl2N2O4. The summed E-state index contributed by atoms with van der Waals surface area (Å²) in [5.41, 5.74) is 0.270. The van der Waals surface area contributed by atoms with Crippen molar-refractivity contribution in [1.29, 1.82) is 0 Å². The van der Waals surface area contributed by atoms with E-state index in [1.165, 1.54) is 0 Å². The summed E-state index contributed by atoms with van der Waals surface area (Å²) in [6.45, 7) is 6.38. The number of fused-ring (bicyclic) bond motifs is 2. The molecule has 3 N–H and O–H groups in total. The fraction of sp³-hybridized carbons (Fsp3) is 0.517. The highest BCUT2D eigenvalue weighted by Crippen LogP contribution is 2.57. The zero-order valence-corrected chi connectivity index (χ0v) is 22.9. The number of hydrogen-bond donors (Lipinski definition) is 3. The molecule has 1 amide bonds. The average Bonchev–Trinajstić information content (AvgIpc) is 3.29. The number of esters is 1. The van der Waals surface area contributed by atoms with Gasteiger partial charge in [0.2, 0.25) is 5.91 Å². The van der Waals surface area contributed by atoms with E-state index in [2.05, 4.69) is 31.4 Å². The molecule has 0 unspecified atom stereocenters. The summed E-state index contributed by atoms with van der Waals surface area (Å²) in [4.78, 5) is 28.0. The summed E-state index contributed by atoms with van der Waals surface area (Å²) in [5.74, 6) is -0.653. The van der Waals surface area contributed by atoms with Crippen LogP contribution in [0.25, 0.3) is 0 Å². The van der Waals surface area contributed by atoms with Crippen LogP contribution in [-0.4, -0.2) is 41.2 Å². The third-order valence-electron chi connectivity index (χ3n) is 8.03. The Kier molecular flexibility index (Phi) is 7.07. The molecule has 4 atom stereocenters. The van der Waals surface area contributed by atoms with E-state index in [9.17, 15) is 14.7 Å². The molecule has 1 saturated heterocycles. The van der Waals surface area contributed by atoms with Crippen LogP contribution < -0.4 is 15.4 Å². The molecule has 2 aliphatic heterocycles. The van der Waals surface area contributed by atoms with Gasteiger partial charge in [-0.15, -0.1) is 0 Å². The van der Waals surface area contributed by atoms with Crippen molar-refractivity contribution in [3.05, 3.63) is 63.6 Å². The van der Waals surface area contributed by atoms with E-state index in [0.717, 1.165) is 24.0 Å². The van der Waals surface area contributed by atoms with E-state index in [1.54, 1.807) is 18.2 Å². The Morgan fingerprint density at radius 3 is 2.49 bits per heavy atom. The largest absolute Gasteiger partial charge is 0.425 e. The van der Waals surface area contributed by atoms with Crippen LogP contribution in [0.3, 0.4) is 0 Å². The number of benzene rings is 2. The summed E-state index contributed by atoms with van der Waals surface area (Å²) in [5, 5.41) is 17.7. The molecule has 5 rings (SSSR count). The third-order valence-corrected chi connectivity index (χ3v) is 8.50. The monoisotopic (exact) mass is 544 g/mol. The number of ether oxygens (including phenoxy) is 1. The van der Waals surface area contributed by atoms with Gasteiger partial charge < -0.3 is 20.5 Å². The van der Waals surface area contributed by atoms with Crippen molar-refractivity contribution >= 4 is 35.1 Å². The molecular weight excluding hydrogens is 511 g/mol. The summed E-state index contributed by atoms with van der Waals surface area (Å²) < 4.78 is 5.89. The van der Waals surface area contributed by atoms with E-state index in [-0.39, 0.29) is 35.5 Å². The lowest BCUT2D eigenvalue weighted by Crippen LogP contribution is -2.49. The molecule has 6 nitrogen and oxygen atoms in total. The van der Waals surface area contributed by atoms with Crippen molar-refractivity contribution in [2.45, 2.75) is 88.4 Å². The van der Waals surface area contributed by atoms with Crippen LogP contribution in [0.15, 0.2) is 42.5 Å². The normalized spacial score (nSPS) is 31.3. The molecule has 3 aliphatic rings. The van der Waals surface area contributed by atoms with Gasteiger partial charge in [-0.3, -0.25) is 9.59 Å². The van der Waals surface area contributed by atoms with Gasteiger partial charge in [-0.05, 0) is 67.3 Å². The first-order chi connectivity index (χ1) is 17.5. The highest BCUT2D eigenvalue weighted by molar-refractivity contribution is 6.31. The van der Waals surface area contributed by atoms with E-state index >= 15 is 0 Å². The lowest BCUT2D eigenvalue weighted by atomic mass is 9.62. The van der Waals surface area contributed by atoms with Crippen LogP contribution in [0.5, 0.6) is 5.75 Å². The Labute approximate surface area is 228 Å². The van der Waals surface area contributed by atoms with E-state index in [1.807, 2.05) is 24.3 Å². The van der Waals surface area contributed by atoms with Crippen LogP contribution in [0.1, 0.15) is 69.9 Å². The Hall–Kier alpha value is -2.12. The van der Waals surface area contributed by atoms with Crippen molar-refractivity contribution in [2.75, 3.05) is 0 Å². The smallest absolute Gasteiger partial charge is 0.324 e. The second-order valence-corrected chi connectivity index (χ2v) is 12.8. The highest BCUT2D eigenvalue weighted by atomic mass is 35.5. The van der Waals surface area contributed by atoms with E-state index < -0.39 is 17.4 Å². The lowest BCUT2D eigenvalue weighted by Gasteiger charge is -2.36. The summed E-state index contributed by atoms with van der Waals surface area (Å²) in [6.07, 6.45) is 3.10.